The highest BCUT2D eigenvalue weighted by Crippen LogP contribution is 2.12. The van der Waals surface area contributed by atoms with E-state index in [2.05, 4.69) is 21.9 Å². The van der Waals surface area contributed by atoms with E-state index in [1.807, 2.05) is 19.9 Å². The van der Waals surface area contributed by atoms with Gasteiger partial charge in [0.2, 0.25) is 11.8 Å². The third-order valence-corrected chi connectivity index (χ3v) is 7.85. The Balaban J connectivity index is 2.16. The van der Waals surface area contributed by atoms with Gasteiger partial charge in [-0.15, -0.1) is 6.58 Å². The van der Waals surface area contributed by atoms with E-state index in [1.165, 1.54) is 10.4 Å². The normalized spacial score (nSPS) is 18.7. The summed E-state index contributed by atoms with van der Waals surface area (Å²) in [6.07, 6.45) is -0.268. The quantitative estimate of drug-likeness (QED) is 0.192. The van der Waals surface area contributed by atoms with Gasteiger partial charge in [0, 0.05) is 13.1 Å². The van der Waals surface area contributed by atoms with Crippen LogP contribution in [0.1, 0.15) is 39.2 Å². The van der Waals surface area contributed by atoms with Crippen molar-refractivity contribution >= 4 is 22.0 Å². The van der Waals surface area contributed by atoms with Crippen LogP contribution in [0.5, 0.6) is 0 Å². The monoisotopic (exact) mass is 554 g/mol. The van der Waals surface area contributed by atoms with Crippen LogP contribution in [0.15, 0.2) is 43.0 Å². The minimum atomic E-state index is -4.00. The molecule has 1 aliphatic rings. The molecule has 0 radical (unpaired) electrons. The lowest BCUT2D eigenvalue weighted by Crippen LogP contribution is -2.58. The van der Waals surface area contributed by atoms with Gasteiger partial charge in [0.25, 0.3) is 10.2 Å². The number of amides is 2. The Kier molecular flexibility index (Phi) is 12.8. The Labute approximate surface area is 225 Å². The number of hydrogen-bond acceptors (Lipinski definition) is 7. The molecule has 0 bridgehead atoms. The van der Waals surface area contributed by atoms with Crippen molar-refractivity contribution in [3.63, 3.8) is 0 Å². The molecule has 0 aliphatic carbocycles. The molecule has 12 heteroatoms. The molecule has 1 heterocycles. The second-order valence-corrected chi connectivity index (χ2v) is 11.6. The number of aliphatic hydroxyl groups is 2. The molecule has 0 aromatic heterocycles. The van der Waals surface area contributed by atoms with Crippen LogP contribution < -0.4 is 15.4 Å². The van der Waals surface area contributed by atoms with Gasteiger partial charge in [-0.1, -0.05) is 50.3 Å². The number of carbonyl (C=O) groups is 2. The van der Waals surface area contributed by atoms with Crippen molar-refractivity contribution in [3.8, 4) is 0 Å². The molecule has 2 amide bonds. The van der Waals surface area contributed by atoms with Gasteiger partial charge >= 0.3 is 0 Å². The van der Waals surface area contributed by atoms with Crippen LogP contribution in [0.4, 0.5) is 0 Å². The maximum Gasteiger partial charge on any atom is 0.280 e. The molecule has 0 saturated carbocycles. The highest BCUT2D eigenvalue weighted by Gasteiger charge is 2.33. The molecule has 0 spiro atoms. The van der Waals surface area contributed by atoms with Crippen LogP contribution >= 0.6 is 0 Å². The molecule has 0 unspecified atom stereocenters. The Morgan fingerprint density at radius 1 is 1.05 bits per heavy atom. The van der Waals surface area contributed by atoms with E-state index in [-0.39, 0.29) is 45.1 Å². The van der Waals surface area contributed by atoms with E-state index in [9.17, 15) is 28.2 Å². The number of nitrogens with one attached hydrogen (secondary N) is 3. The Morgan fingerprint density at radius 3 is 2.24 bits per heavy atom. The van der Waals surface area contributed by atoms with E-state index in [0.29, 0.717) is 6.42 Å². The van der Waals surface area contributed by atoms with Crippen LogP contribution in [0.25, 0.3) is 0 Å². The van der Waals surface area contributed by atoms with E-state index in [1.54, 1.807) is 31.2 Å². The van der Waals surface area contributed by atoms with Gasteiger partial charge in [-0.05, 0) is 37.7 Å². The summed E-state index contributed by atoms with van der Waals surface area (Å²) in [6, 6.07) is 5.90. The lowest BCUT2D eigenvalue weighted by Gasteiger charge is -2.30. The van der Waals surface area contributed by atoms with Crippen molar-refractivity contribution in [1.82, 2.24) is 19.7 Å². The van der Waals surface area contributed by atoms with Crippen LogP contribution in [0, 0.1) is 5.92 Å². The van der Waals surface area contributed by atoms with Gasteiger partial charge in [-0.2, -0.15) is 17.4 Å². The number of ether oxygens (including phenoxy) is 1. The molecular formula is C26H42N4O7S. The van der Waals surface area contributed by atoms with Crippen molar-refractivity contribution in [2.24, 2.45) is 5.92 Å². The van der Waals surface area contributed by atoms with Gasteiger partial charge in [-0.3, -0.25) is 9.59 Å². The van der Waals surface area contributed by atoms with E-state index < -0.39 is 52.4 Å². The number of aliphatic hydroxyl groups excluding tert-OH is 2. The number of rotatable bonds is 15. The standard InChI is InChI=1S/C26H42N4O7S/c1-5-9-21(25(33)27-19(4)24(32)23(31)16-18(2)3)28-26(34)22(17-20-10-7-6-8-11-20)29-38(35,36)30-12-14-37-15-13-30/h5-8,10-11,18-19,21-24,29,31-32H,1,9,12-17H2,2-4H3,(H,27,33)(H,28,34)/t19-,21+,22+,23-,24+/m1/s1. The van der Waals surface area contributed by atoms with E-state index in [0.717, 1.165) is 5.56 Å². The summed E-state index contributed by atoms with van der Waals surface area (Å²) in [5.41, 5.74) is 0.734. The minimum Gasteiger partial charge on any atom is -0.390 e. The molecule has 5 atom stereocenters. The van der Waals surface area contributed by atoms with Crippen molar-refractivity contribution < 1.29 is 33.0 Å². The summed E-state index contributed by atoms with van der Waals surface area (Å²) >= 11 is 0. The van der Waals surface area contributed by atoms with Crippen molar-refractivity contribution in [2.75, 3.05) is 26.3 Å². The van der Waals surface area contributed by atoms with Gasteiger partial charge in [0.1, 0.15) is 12.1 Å². The largest absolute Gasteiger partial charge is 0.390 e. The Hall–Kier alpha value is -2.35. The van der Waals surface area contributed by atoms with Gasteiger partial charge in [0.15, 0.2) is 0 Å². The fraction of sp³-hybridized carbons (Fsp3) is 0.615. The zero-order valence-electron chi connectivity index (χ0n) is 22.4. The lowest BCUT2D eigenvalue weighted by molar-refractivity contribution is -0.131. The van der Waals surface area contributed by atoms with Crippen LogP contribution in [-0.4, -0.2) is 91.4 Å². The first-order valence-electron chi connectivity index (χ1n) is 12.9. The summed E-state index contributed by atoms with van der Waals surface area (Å²) in [4.78, 5) is 26.4. The fourth-order valence-corrected chi connectivity index (χ4v) is 5.44. The highest BCUT2D eigenvalue weighted by atomic mass is 32.2. The molecule has 1 aromatic carbocycles. The molecule has 38 heavy (non-hydrogen) atoms. The average Bonchev–Trinajstić information content (AvgIpc) is 2.88. The predicted molar refractivity (Wildman–Crippen MR) is 144 cm³/mol. The maximum absolute atomic E-state index is 13.4. The van der Waals surface area contributed by atoms with Gasteiger partial charge in [-0.25, -0.2) is 0 Å². The molecule has 11 nitrogen and oxygen atoms in total. The Bertz CT molecular complexity index is 1000. The number of carbonyl (C=O) groups excluding carboxylic acids is 2. The smallest absolute Gasteiger partial charge is 0.280 e. The molecule has 1 fully saturated rings. The maximum atomic E-state index is 13.4. The summed E-state index contributed by atoms with van der Waals surface area (Å²) in [7, 11) is -4.00. The van der Waals surface area contributed by atoms with Gasteiger partial charge in [0.05, 0.1) is 31.5 Å². The predicted octanol–water partition coefficient (Wildman–Crippen LogP) is 0.0978. The first-order chi connectivity index (χ1) is 17.9. The Morgan fingerprint density at radius 2 is 1.66 bits per heavy atom. The number of nitrogens with zero attached hydrogens (tertiary/aromatic N) is 1. The topological polar surface area (TPSA) is 157 Å². The van der Waals surface area contributed by atoms with Crippen molar-refractivity contribution in [3.05, 3.63) is 48.6 Å². The molecule has 5 N–H and O–H groups in total. The molecule has 1 aromatic rings. The summed E-state index contributed by atoms with van der Waals surface area (Å²) in [6.45, 7) is 9.88. The number of morpholine rings is 1. The number of hydrogen-bond donors (Lipinski definition) is 5. The average molecular weight is 555 g/mol. The lowest BCUT2D eigenvalue weighted by atomic mass is 9.97. The summed E-state index contributed by atoms with van der Waals surface area (Å²) < 4.78 is 35.0. The van der Waals surface area contributed by atoms with Crippen molar-refractivity contribution in [1.29, 1.82) is 0 Å². The third kappa shape index (κ3) is 10.1. The van der Waals surface area contributed by atoms with E-state index in [4.69, 9.17) is 4.74 Å². The second-order valence-electron chi connectivity index (χ2n) is 9.95. The minimum absolute atomic E-state index is 0.0647. The molecule has 214 valence electrons. The SMILES string of the molecule is C=CC[C@H](NC(=O)[C@H](Cc1ccccc1)NS(=O)(=O)N1CCOCC1)C(=O)N[C@H](C)[C@H](O)[C@H](O)CC(C)C. The number of benzene rings is 1. The summed E-state index contributed by atoms with van der Waals surface area (Å²) in [5, 5.41) is 25.9. The zero-order valence-corrected chi connectivity index (χ0v) is 23.2. The molecule has 1 saturated heterocycles. The van der Waals surface area contributed by atoms with E-state index >= 15 is 0 Å². The van der Waals surface area contributed by atoms with Crippen molar-refractivity contribution in [2.45, 2.75) is 70.4 Å². The van der Waals surface area contributed by atoms with Crippen LogP contribution in [-0.2, 0) is 31.0 Å². The van der Waals surface area contributed by atoms with Crippen LogP contribution in [0.2, 0.25) is 0 Å². The first-order valence-corrected chi connectivity index (χ1v) is 14.4. The first kappa shape index (κ1) is 31.9. The third-order valence-electron chi connectivity index (χ3n) is 6.22. The fourth-order valence-electron chi connectivity index (χ4n) is 4.12. The molecular weight excluding hydrogens is 512 g/mol. The summed E-state index contributed by atoms with van der Waals surface area (Å²) in [5.74, 6) is -1.12. The molecule has 2 rings (SSSR count). The second kappa shape index (κ2) is 15.3. The molecule has 1 aliphatic heterocycles. The zero-order chi connectivity index (χ0) is 28.3. The van der Waals surface area contributed by atoms with Gasteiger partial charge < -0.3 is 25.6 Å². The highest BCUT2D eigenvalue weighted by molar-refractivity contribution is 7.87. The van der Waals surface area contributed by atoms with Crippen LogP contribution in [0.3, 0.4) is 0 Å².